The van der Waals surface area contributed by atoms with E-state index >= 15 is 0 Å². The Kier molecular flexibility index (Phi) is 11.8. The van der Waals surface area contributed by atoms with Gasteiger partial charge in [-0.1, -0.05) is 65.7 Å². The van der Waals surface area contributed by atoms with E-state index in [2.05, 4.69) is 25.9 Å². The van der Waals surface area contributed by atoms with Crippen molar-refractivity contribution in [3.05, 3.63) is 129 Å². The van der Waals surface area contributed by atoms with Crippen LogP contribution in [0.4, 0.5) is 0 Å². The molecule has 1 atom stereocenters. The number of benzene rings is 2. The predicted octanol–water partition coefficient (Wildman–Crippen LogP) is 5.76. The molecule has 7 nitrogen and oxygen atoms in total. The number of hydrogen-bond acceptors (Lipinski definition) is 6. The quantitative estimate of drug-likeness (QED) is 0.0926. The highest BCUT2D eigenvalue weighted by molar-refractivity contribution is 6.35. The fourth-order valence-corrected chi connectivity index (χ4v) is 4.80. The number of halogens is 2. The van der Waals surface area contributed by atoms with Crippen molar-refractivity contribution in [1.82, 2.24) is 25.9 Å². The third kappa shape index (κ3) is 9.76. The third-order valence-corrected chi connectivity index (χ3v) is 7.17. The van der Waals surface area contributed by atoms with Crippen LogP contribution < -0.4 is 16.0 Å². The zero-order chi connectivity index (χ0) is 28.9. The molecule has 2 heterocycles. The first-order valence-electron chi connectivity index (χ1n) is 13.6. The number of pyridine rings is 2. The van der Waals surface area contributed by atoms with Crippen molar-refractivity contribution in [1.29, 1.82) is 0 Å². The average Bonchev–Trinajstić information content (AvgIpc) is 2.99. The lowest BCUT2D eigenvalue weighted by atomic mass is 9.91. The van der Waals surface area contributed by atoms with E-state index in [1.54, 1.807) is 42.7 Å². The number of nitrogens with zero attached hydrogens (tertiary/aromatic N) is 2. The fraction of sp³-hybridized carbons (Fsp3) is 0.250. The summed E-state index contributed by atoms with van der Waals surface area (Å²) in [5, 5.41) is 10.6. The first-order chi connectivity index (χ1) is 20.0. The molecule has 0 unspecified atom stereocenters. The molecule has 3 N–H and O–H groups in total. The smallest absolute Gasteiger partial charge is 0.231 e. The Morgan fingerprint density at radius 2 is 1.44 bits per heavy atom. The number of hydrogen-bond donors (Lipinski definition) is 3. The summed E-state index contributed by atoms with van der Waals surface area (Å²) in [6.07, 6.45) is 4.57. The lowest BCUT2D eigenvalue weighted by Gasteiger charge is -2.17. The lowest BCUT2D eigenvalue weighted by molar-refractivity contribution is -0.123. The van der Waals surface area contributed by atoms with E-state index in [0.717, 1.165) is 22.5 Å². The number of Topliss-reactive ketones (excluding diaryl/α,β-unsaturated/α-hetero) is 1. The van der Waals surface area contributed by atoms with Crippen molar-refractivity contribution in [3.8, 4) is 0 Å². The molecule has 2 aromatic carbocycles. The van der Waals surface area contributed by atoms with Crippen molar-refractivity contribution in [2.75, 3.05) is 6.54 Å². The van der Waals surface area contributed by atoms with Crippen LogP contribution in [-0.2, 0) is 31.0 Å². The van der Waals surface area contributed by atoms with Gasteiger partial charge in [-0.3, -0.25) is 19.6 Å². The topological polar surface area (TPSA) is 96.0 Å². The Bertz CT molecular complexity index is 1400. The summed E-state index contributed by atoms with van der Waals surface area (Å²) in [7, 11) is 0. The normalized spacial score (nSPS) is 11.7. The van der Waals surface area contributed by atoms with Gasteiger partial charge in [0.2, 0.25) is 5.91 Å². The molecule has 0 aliphatic rings. The van der Waals surface area contributed by atoms with E-state index in [1.807, 2.05) is 48.5 Å². The minimum Gasteiger partial charge on any atom is -0.351 e. The van der Waals surface area contributed by atoms with E-state index in [1.165, 1.54) is 0 Å². The van der Waals surface area contributed by atoms with Crippen LogP contribution >= 0.6 is 23.2 Å². The van der Waals surface area contributed by atoms with E-state index < -0.39 is 5.92 Å². The SMILES string of the molecule is O=C(NCc1ccc(Cl)cc1Cl)[C@@H](CCCNCc1ccccn1)C(=O)c1ccc(CNCc2ccccn2)cc1. The van der Waals surface area contributed by atoms with Crippen LogP contribution in [-0.4, -0.2) is 28.2 Å². The van der Waals surface area contributed by atoms with Gasteiger partial charge in [0.05, 0.1) is 11.4 Å². The molecule has 0 radical (unpaired) electrons. The molecule has 0 bridgehead atoms. The minimum atomic E-state index is -0.828. The third-order valence-electron chi connectivity index (χ3n) is 6.58. The molecule has 4 rings (SSSR count). The second-order valence-corrected chi connectivity index (χ2v) is 10.5. The molecule has 4 aromatic rings. The fourth-order valence-electron chi connectivity index (χ4n) is 4.33. The van der Waals surface area contributed by atoms with Gasteiger partial charge < -0.3 is 16.0 Å². The summed E-state index contributed by atoms with van der Waals surface area (Å²) in [5.41, 5.74) is 4.17. The van der Waals surface area contributed by atoms with Crippen LogP contribution in [0.15, 0.2) is 91.3 Å². The maximum absolute atomic E-state index is 13.5. The van der Waals surface area contributed by atoms with Gasteiger partial charge in [-0.15, -0.1) is 0 Å². The van der Waals surface area contributed by atoms with Crippen LogP contribution in [0.5, 0.6) is 0 Å². The van der Waals surface area contributed by atoms with Gasteiger partial charge in [0.15, 0.2) is 5.78 Å². The van der Waals surface area contributed by atoms with Crippen molar-refractivity contribution >= 4 is 34.9 Å². The van der Waals surface area contributed by atoms with Crippen molar-refractivity contribution < 1.29 is 9.59 Å². The van der Waals surface area contributed by atoms with Crippen LogP contribution in [0.2, 0.25) is 10.0 Å². The highest BCUT2D eigenvalue weighted by atomic mass is 35.5. The largest absolute Gasteiger partial charge is 0.351 e. The second kappa shape index (κ2) is 16.0. The summed E-state index contributed by atoms with van der Waals surface area (Å²) in [5.74, 6) is -1.36. The molecule has 212 valence electrons. The van der Waals surface area contributed by atoms with Gasteiger partial charge in [-0.05, 0) is 66.9 Å². The Balaban J connectivity index is 1.35. The molecule has 0 aliphatic carbocycles. The molecule has 9 heteroatoms. The molecular weight excluding hydrogens is 557 g/mol. The van der Waals surface area contributed by atoms with Gasteiger partial charge in [0.25, 0.3) is 0 Å². The van der Waals surface area contributed by atoms with Gasteiger partial charge in [-0.2, -0.15) is 0 Å². The van der Waals surface area contributed by atoms with E-state index in [-0.39, 0.29) is 18.2 Å². The highest BCUT2D eigenvalue weighted by Crippen LogP contribution is 2.22. The number of carbonyl (C=O) groups is 2. The summed E-state index contributed by atoms with van der Waals surface area (Å²) in [6.45, 7) is 2.76. The van der Waals surface area contributed by atoms with E-state index in [4.69, 9.17) is 23.2 Å². The molecule has 2 aromatic heterocycles. The molecule has 0 fully saturated rings. The second-order valence-electron chi connectivity index (χ2n) is 9.63. The van der Waals surface area contributed by atoms with Crippen molar-refractivity contribution in [2.45, 2.75) is 39.0 Å². The number of nitrogens with one attached hydrogen (secondary N) is 3. The first-order valence-corrected chi connectivity index (χ1v) is 14.3. The summed E-state index contributed by atoms with van der Waals surface area (Å²) in [4.78, 5) is 35.5. The predicted molar refractivity (Wildman–Crippen MR) is 163 cm³/mol. The Labute approximate surface area is 250 Å². The number of aromatic nitrogens is 2. The molecule has 0 saturated heterocycles. The van der Waals surface area contributed by atoms with Gasteiger partial charge in [0.1, 0.15) is 5.92 Å². The monoisotopic (exact) mass is 589 g/mol. The van der Waals surface area contributed by atoms with Crippen LogP contribution in [0, 0.1) is 5.92 Å². The molecule has 0 saturated carbocycles. The zero-order valence-corrected chi connectivity index (χ0v) is 24.2. The maximum Gasteiger partial charge on any atom is 0.231 e. The highest BCUT2D eigenvalue weighted by Gasteiger charge is 2.27. The van der Waals surface area contributed by atoms with Crippen molar-refractivity contribution in [2.24, 2.45) is 5.92 Å². The first kappa shape index (κ1) is 30.3. The molecule has 0 aliphatic heterocycles. The number of rotatable bonds is 15. The summed E-state index contributed by atoms with van der Waals surface area (Å²) in [6, 6.07) is 24.1. The van der Waals surface area contributed by atoms with E-state index in [9.17, 15) is 9.59 Å². The summed E-state index contributed by atoms with van der Waals surface area (Å²) >= 11 is 12.3. The van der Waals surface area contributed by atoms with Gasteiger partial charge >= 0.3 is 0 Å². The Hall–Kier alpha value is -3.62. The Morgan fingerprint density at radius 3 is 2.07 bits per heavy atom. The molecule has 0 spiro atoms. The Morgan fingerprint density at radius 1 is 0.756 bits per heavy atom. The standard InChI is InChI=1S/C32H33Cl2N5O2/c33-26-14-13-25(30(34)18-26)20-39-32(41)29(8-5-15-35-21-27-6-1-3-16-37-27)31(40)24-11-9-23(10-12-24)19-36-22-28-7-2-4-17-38-28/h1-4,6-7,9-14,16-18,29,35-36H,5,8,15,19-22H2,(H,39,41)/t29-/m0/s1. The van der Waals surface area contributed by atoms with Crippen LogP contribution in [0.1, 0.15) is 45.7 Å². The maximum atomic E-state index is 13.5. The zero-order valence-electron chi connectivity index (χ0n) is 22.7. The van der Waals surface area contributed by atoms with Crippen LogP contribution in [0.25, 0.3) is 0 Å². The summed E-state index contributed by atoms with van der Waals surface area (Å²) < 4.78 is 0. The van der Waals surface area contributed by atoms with Crippen molar-refractivity contribution in [3.63, 3.8) is 0 Å². The average molecular weight is 591 g/mol. The number of ketones is 1. The molecule has 41 heavy (non-hydrogen) atoms. The van der Waals surface area contributed by atoms with Gasteiger partial charge in [0, 0.05) is 54.2 Å². The van der Waals surface area contributed by atoms with Gasteiger partial charge in [-0.25, -0.2) is 0 Å². The number of carbonyl (C=O) groups excluding carboxylic acids is 2. The van der Waals surface area contributed by atoms with E-state index in [0.29, 0.717) is 54.6 Å². The minimum absolute atomic E-state index is 0.206. The number of amides is 1. The van der Waals surface area contributed by atoms with Crippen LogP contribution in [0.3, 0.4) is 0 Å². The molecule has 1 amide bonds. The molecular formula is C32H33Cl2N5O2. The lowest BCUT2D eigenvalue weighted by Crippen LogP contribution is -2.35.